The van der Waals surface area contributed by atoms with Gasteiger partial charge in [-0.15, -0.1) is 0 Å². The molecule has 2 aliphatic rings. The molecule has 2 N–H and O–H groups in total. The molecule has 0 aromatic heterocycles. The zero-order valence-corrected chi connectivity index (χ0v) is 13.5. The van der Waals surface area contributed by atoms with E-state index >= 15 is 0 Å². The molecule has 22 heavy (non-hydrogen) atoms. The Labute approximate surface area is 132 Å². The third-order valence-electron chi connectivity index (χ3n) is 4.20. The lowest BCUT2D eigenvalue weighted by molar-refractivity contribution is -0.0627. The van der Waals surface area contributed by atoms with Crippen molar-refractivity contribution in [2.75, 3.05) is 26.5 Å². The summed E-state index contributed by atoms with van der Waals surface area (Å²) in [6.45, 7) is 8.29. The van der Waals surface area contributed by atoms with Crippen LogP contribution in [0.3, 0.4) is 0 Å². The summed E-state index contributed by atoms with van der Waals surface area (Å²) < 4.78 is 16.4. The third-order valence-corrected chi connectivity index (χ3v) is 4.20. The number of benzene rings is 1. The fraction of sp³-hybridized carbons (Fsp3) is 0.647. The van der Waals surface area contributed by atoms with Crippen LogP contribution < -0.4 is 20.1 Å². The second kappa shape index (κ2) is 6.86. The van der Waals surface area contributed by atoms with Crippen LogP contribution >= 0.6 is 0 Å². The number of rotatable bonds is 6. The van der Waals surface area contributed by atoms with Crippen LogP contribution in [0.25, 0.3) is 0 Å². The summed E-state index contributed by atoms with van der Waals surface area (Å²) in [6, 6.07) is 6.66. The van der Waals surface area contributed by atoms with Crippen LogP contribution in [0.5, 0.6) is 11.5 Å². The van der Waals surface area contributed by atoms with Crippen molar-refractivity contribution in [2.24, 2.45) is 0 Å². The van der Waals surface area contributed by atoms with Gasteiger partial charge in [-0.1, -0.05) is 6.07 Å². The Morgan fingerprint density at radius 2 is 2.05 bits per heavy atom. The summed E-state index contributed by atoms with van der Waals surface area (Å²) in [4.78, 5) is 0. The first-order valence-corrected chi connectivity index (χ1v) is 8.09. The van der Waals surface area contributed by atoms with Gasteiger partial charge in [-0.2, -0.15) is 0 Å². The second-order valence-corrected chi connectivity index (χ2v) is 6.62. The molecule has 0 saturated carbocycles. The Morgan fingerprint density at radius 3 is 2.91 bits per heavy atom. The monoisotopic (exact) mass is 306 g/mol. The van der Waals surface area contributed by atoms with Gasteiger partial charge in [0.2, 0.25) is 6.79 Å². The highest BCUT2D eigenvalue weighted by Crippen LogP contribution is 2.32. The Balaban J connectivity index is 1.34. The van der Waals surface area contributed by atoms with Crippen molar-refractivity contribution in [3.8, 4) is 11.5 Å². The van der Waals surface area contributed by atoms with E-state index in [0.717, 1.165) is 50.6 Å². The van der Waals surface area contributed by atoms with Gasteiger partial charge < -0.3 is 24.8 Å². The normalized spacial score (nSPS) is 22.7. The van der Waals surface area contributed by atoms with E-state index in [2.05, 4.69) is 30.5 Å². The predicted octanol–water partition coefficient (Wildman–Crippen LogP) is 2.05. The maximum Gasteiger partial charge on any atom is 0.231 e. The summed E-state index contributed by atoms with van der Waals surface area (Å²) in [5, 5.41) is 7.08. The first-order chi connectivity index (χ1) is 10.6. The molecule has 5 nitrogen and oxygen atoms in total. The number of hydrogen-bond acceptors (Lipinski definition) is 5. The van der Waals surface area contributed by atoms with Crippen molar-refractivity contribution >= 4 is 0 Å². The Hall–Kier alpha value is -1.30. The van der Waals surface area contributed by atoms with E-state index in [1.54, 1.807) is 0 Å². The van der Waals surface area contributed by atoms with Gasteiger partial charge in [-0.3, -0.25) is 0 Å². The van der Waals surface area contributed by atoms with E-state index < -0.39 is 0 Å². The van der Waals surface area contributed by atoms with Gasteiger partial charge in [0.25, 0.3) is 0 Å². The van der Waals surface area contributed by atoms with Crippen molar-refractivity contribution in [1.82, 2.24) is 10.6 Å². The van der Waals surface area contributed by atoms with E-state index in [1.807, 2.05) is 12.1 Å². The predicted molar refractivity (Wildman–Crippen MR) is 85.3 cm³/mol. The first-order valence-electron chi connectivity index (χ1n) is 8.09. The average molecular weight is 306 g/mol. The zero-order valence-electron chi connectivity index (χ0n) is 13.5. The fourth-order valence-electron chi connectivity index (χ4n) is 3.05. The van der Waals surface area contributed by atoms with Crippen molar-refractivity contribution in [3.63, 3.8) is 0 Å². The number of nitrogens with one attached hydrogen (secondary N) is 2. The molecule has 5 heteroatoms. The topological polar surface area (TPSA) is 51.8 Å². The summed E-state index contributed by atoms with van der Waals surface area (Å²) in [5.74, 6) is 1.69. The highest BCUT2D eigenvalue weighted by molar-refractivity contribution is 5.44. The van der Waals surface area contributed by atoms with Crippen LogP contribution in [0.1, 0.15) is 32.3 Å². The molecular formula is C17H26N2O3. The highest BCUT2D eigenvalue weighted by Gasteiger charge is 2.28. The molecule has 1 aromatic rings. The molecule has 0 spiro atoms. The average Bonchev–Trinajstić information content (AvgIpc) is 2.93. The second-order valence-electron chi connectivity index (χ2n) is 6.62. The maximum atomic E-state index is 5.74. The molecule has 1 fully saturated rings. The smallest absolute Gasteiger partial charge is 0.231 e. The van der Waals surface area contributed by atoms with Gasteiger partial charge in [0.15, 0.2) is 11.5 Å². The van der Waals surface area contributed by atoms with Gasteiger partial charge in [-0.25, -0.2) is 0 Å². The van der Waals surface area contributed by atoms with Crippen LogP contribution in [0.2, 0.25) is 0 Å². The lowest BCUT2D eigenvalue weighted by Crippen LogP contribution is -2.45. The molecule has 2 aliphatic heterocycles. The summed E-state index contributed by atoms with van der Waals surface area (Å²) >= 11 is 0. The SMILES string of the molecule is CC1(C)CC(NCCNCc2ccc3c(c2)OCO3)CCO1. The van der Waals surface area contributed by atoms with Gasteiger partial charge >= 0.3 is 0 Å². The van der Waals surface area contributed by atoms with Gasteiger partial charge in [0.05, 0.1) is 5.60 Å². The van der Waals surface area contributed by atoms with Crippen molar-refractivity contribution in [1.29, 1.82) is 0 Å². The van der Waals surface area contributed by atoms with E-state index in [1.165, 1.54) is 5.56 Å². The molecule has 2 heterocycles. The first kappa shape index (κ1) is 15.6. The minimum atomic E-state index is 0.00975. The molecule has 0 radical (unpaired) electrons. The van der Waals surface area contributed by atoms with Crippen molar-refractivity contribution in [3.05, 3.63) is 23.8 Å². The summed E-state index contributed by atoms with van der Waals surface area (Å²) in [6.07, 6.45) is 2.18. The van der Waals surface area contributed by atoms with Crippen molar-refractivity contribution < 1.29 is 14.2 Å². The highest BCUT2D eigenvalue weighted by atomic mass is 16.7. The largest absolute Gasteiger partial charge is 0.454 e. The van der Waals surface area contributed by atoms with Gasteiger partial charge in [0, 0.05) is 32.3 Å². The Bertz CT molecular complexity index is 505. The molecule has 3 rings (SSSR count). The minimum Gasteiger partial charge on any atom is -0.454 e. The molecule has 1 saturated heterocycles. The van der Waals surface area contributed by atoms with E-state index in [9.17, 15) is 0 Å². The van der Waals surface area contributed by atoms with E-state index in [-0.39, 0.29) is 5.60 Å². The number of fused-ring (bicyclic) bond motifs is 1. The number of ether oxygens (including phenoxy) is 3. The van der Waals surface area contributed by atoms with Crippen LogP contribution in [0.4, 0.5) is 0 Å². The van der Waals surface area contributed by atoms with Crippen molar-refractivity contribution in [2.45, 2.75) is 44.9 Å². The van der Waals surface area contributed by atoms with Crippen LogP contribution in [0.15, 0.2) is 18.2 Å². The van der Waals surface area contributed by atoms with Gasteiger partial charge in [0.1, 0.15) is 0 Å². The molecule has 1 atom stereocenters. The molecule has 0 amide bonds. The quantitative estimate of drug-likeness (QED) is 0.788. The lowest BCUT2D eigenvalue weighted by Gasteiger charge is -2.36. The minimum absolute atomic E-state index is 0.00975. The summed E-state index contributed by atoms with van der Waals surface area (Å²) in [7, 11) is 0. The van der Waals surface area contributed by atoms with Crippen LogP contribution in [-0.4, -0.2) is 38.1 Å². The molecule has 1 unspecified atom stereocenters. The number of hydrogen-bond donors (Lipinski definition) is 2. The lowest BCUT2D eigenvalue weighted by atomic mass is 9.94. The molecular weight excluding hydrogens is 280 g/mol. The van der Waals surface area contributed by atoms with Gasteiger partial charge in [-0.05, 0) is 44.4 Å². The fourth-order valence-corrected chi connectivity index (χ4v) is 3.05. The standard InChI is InChI=1S/C17H26N2O3/c1-17(2)10-14(5-8-22-17)19-7-6-18-11-13-3-4-15-16(9-13)21-12-20-15/h3-4,9,14,18-19H,5-8,10-12H2,1-2H3. The maximum absolute atomic E-state index is 5.74. The Morgan fingerprint density at radius 1 is 1.18 bits per heavy atom. The van der Waals surface area contributed by atoms with E-state index in [0.29, 0.717) is 12.8 Å². The zero-order chi connectivity index (χ0) is 15.4. The molecule has 1 aromatic carbocycles. The van der Waals surface area contributed by atoms with Crippen LogP contribution in [-0.2, 0) is 11.3 Å². The van der Waals surface area contributed by atoms with E-state index in [4.69, 9.17) is 14.2 Å². The molecule has 122 valence electrons. The molecule has 0 aliphatic carbocycles. The Kier molecular flexibility index (Phi) is 4.86. The third kappa shape index (κ3) is 4.12. The molecule has 0 bridgehead atoms. The van der Waals surface area contributed by atoms with Crippen LogP contribution in [0, 0.1) is 0 Å². The summed E-state index contributed by atoms with van der Waals surface area (Å²) in [5.41, 5.74) is 1.23.